The Morgan fingerprint density at radius 2 is 0.849 bits per heavy atom. The highest BCUT2D eigenvalue weighted by Crippen LogP contribution is 2.64. The zero-order valence-electron chi connectivity index (χ0n) is 29.3. The van der Waals surface area contributed by atoms with E-state index in [0.717, 1.165) is 39.4 Å². The summed E-state index contributed by atoms with van der Waals surface area (Å²) in [6, 6.07) is 58.1. The van der Waals surface area contributed by atoms with Crippen molar-refractivity contribution in [3.63, 3.8) is 0 Å². The first-order valence-corrected chi connectivity index (χ1v) is 18.1. The van der Waals surface area contributed by atoms with Gasteiger partial charge in [0.2, 0.25) is 0 Å². The molecule has 53 heavy (non-hydrogen) atoms. The maximum atomic E-state index is 4.99. The van der Waals surface area contributed by atoms with Crippen molar-refractivity contribution in [2.24, 2.45) is 0 Å². The average molecular weight is 680 g/mol. The lowest BCUT2D eigenvalue weighted by Crippen LogP contribution is -2.24. The highest BCUT2D eigenvalue weighted by molar-refractivity contribution is 6.14. The van der Waals surface area contributed by atoms with Crippen molar-refractivity contribution in [1.82, 2.24) is 15.0 Å². The molecule has 0 bridgehead atoms. The van der Waals surface area contributed by atoms with Crippen LogP contribution in [0.4, 0.5) is 34.1 Å². The predicted molar refractivity (Wildman–Crippen MR) is 216 cm³/mol. The number of fused-ring (bicyclic) bond motifs is 4. The third-order valence-electron chi connectivity index (χ3n) is 11.2. The molecule has 5 nitrogen and oxygen atoms in total. The molecule has 11 rings (SSSR count). The van der Waals surface area contributed by atoms with E-state index in [2.05, 4.69) is 127 Å². The van der Waals surface area contributed by atoms with Gasteiger partial charge in [0.25, 0.3) is 0 Å². The van der Waals surface area contributed by atoms with Gasteiger partial charge in [-0.3, -0.25) is 0 Å². The number of rotatable bonds is 4. The van der Waals surface area contributed by atoms with Crippen LogP contribution in [-0.2, 0) is 5.41 Å². The molecule has 0 amide bonds. The summed E-state index contributed by atoms with van der Waals surface area (Å²) >= 11 is 0. The van der Waals surface area contributed by atoms with Crippen molar-refractivity contribution in [1.29, 1.82) is 0 Å². The molecule has 3 heterocycles. The topological polar surface area (TPSA) is 45.2 Å². The number of nitrogens with zero attached hydrogens (tertiary/aromatic N) is 5. The van der Waals surface area contributed by atoms with Crippen LogP contribution in [0.25, 0.3) is 56.4 Å². The Bertz CT molecular complexity index is 2700. The van der Waals surface area contributed by atoms with Crippen LogP contribution in [0.1, 0.15) is 25.0 Å². The molecule has 0 saturated carbocycles. The summed E-state index contributed by atoms with van der Waals surface area (Å²) in [6.45, 7) is 4.73. The molecule has 0 saturated heterocycles. The summed E-state index contributed by atoms with van der Waals surface area (Å²) in [6.07, 6.45) is 0. The molecule has 1 aromatic heterocycles. The Morgan fingerprint density at radius 1 is 0.377 bits per heavy atom. The molecule has 3 aliphatic rings. The molecule has 0 fully saturated rings. The second kappa shape index (κ2) is 11.1. The number of benzene rings is 7. The molecule has 8 aromatic rings. The molecule has 1 aliphatic carbocycles. The van der Waals surface area contributed by atoms with Crippen LogP contribution in [-0.4, -0.2) is 15.0 Å². The molecule has 0 radical (unpaired) electrons. The van der Waals surface area contributed by atoms with Crippen LogP contribution in [0.5, 0.6) is 0 Å². The lowest BCUT2D eigenvalue weighted by molar-refractivity contribution is 0.660. The van der Waals surface area contributed by atoms with E-state index in [4.69, 9.17) is 15.0 Å². The van der Waals surface area contributed by atoms with E-state index in [-0.39, 0.29) is 5.41 Å². The van der Waals surface area contributed by atoms with Crippen LogP contribution in [0.15, 0.2) is 164 Å². The van der Waals surface area contributed by atoms with Crippen LogP contribution in [0.3, 0.4) is 0 Å². The van der Waals surface area contributed by atoms with Crippen LogP contribution in [0, 0.1) is 0 Å². The van der Waals surface area contributed by atoms with E-state index >= 15 is 0 Å². The maximum Gasteiger partial charge on any atom is 0.164 e. The van der Waals surface area contributed by atoms with E-state index < -0.39 is 0 Å². The van der Waals surface area contributed by atoms with E-state index in [1.54, 1.807) is 0 Å². The number of hydrogen-bond donors (Lipinski definition) is 0. The van der Waals surface area contributed by atoms with E-state index in [1.807, 2.05) is 60.7 Å². The summed E-state index contributed by atoms with van der Waals surface area (Å²) in [5.41, 5.74) is 17.7. The lowest BCUT2D eigenvalue weighted by atomic mass is 9.81. The van der Waals surface area contributed by atoms with Crippen LogP contribution in [0.2, 0.25) is 0 Å². The maximum absolute atomic E-state index is 4.99. The molecular formula is C48H33N5. The van der Waals surface area contributed by atoms with Gasteiger partial charge in [-0.2, -0.15) is 0 Å². The molecule has 0 unspecified atom stereocenters. The summed E-state index contributed by atoms with van der Waals surface area (Å²) in [7, 11) is 0. The second-order valence-corrected chi connectivity index (χ2v) is 14.5. The molecule has 2 aliphatic heterocycles. The monoisotopic (exact) mass is 679 g/mol. The lowest BCUT2D eigenvalue weighted by Gasteiger charge is -2.41. The highest BCUT2D eigenvalue weighted by Gasteiger charge is 2.43. The van der Waals surface area contributed by atoms with Crippen molar-refractivity contribution in [2.45, 2.75) is 19.3 Å². The predicted octanol–water partition coefficient (Wildman–Crippen LogP) is 12.4. The smallest absolute Gasteiger partial charge is 0.164 e. The number of hydrogen-bond acceptors (Lipinski definition) is 5. The first-order valence-electron chi connectivity index (χ1n) is 18.1. The van der Waals surface area contributed by atoms with Crippen molar-refractivity contribution < 1.29 is 0 Å². The van der Waals surface area contributed by atoms with Gasteiger partial charge in [-0.1, -0.05) is 129 Å². The van der Waals surface area contributed by atoms with Gasteiger partial charge in [0.1, 0.15) is 0 Å². The van der Waals surface area contributed by atoms with Crippen molar-refractivity contribution in [3.05, 3.63) is 175 Å². The normalized spacial score (nSPS) is 13.9. The Morgan fingerprint density at radius 3 is 1.49 bits per heavy atom. The Kier molecular flexibility index (Phi) is 6.23. The van der Waals surface area contributed by atoms with E-state index in [1.165, 1.54) is 44.8 Å². The minimum absolute atomic E-state index is 0.0862. The summed E-state index contributed by atoms with van der Waals surface area (Å²) < 4.78 is 0. The SMILES string of the molecule is CC1(C)c2cccc3c2-c2c(cccc21)N1c2ccccc2N(c2ccc(-c4nc(-c5ccccc5)nc(-c5ccccc5)n4)cc2)c2cccc-3c21. The first-order chi connectivity index (χ1) is 26.1. The molecule has 0 N–H and O–H groups in total. The molecule has 250 valence electrons. The van der Waals surface area contributed by atoms with E-state index in [0.29, 0.717) is 17.5 Å². The third-order valence-corrected chi connectivity index (χ3v) is 11.2. The van der Waals surface area contributed by atoms with Gasteiger partial charge in [0.05, 0.1) is 28.4 Å². The van der Waals surface area contributed by atoms with Crippen molar-refractivity contribution in [2.75, 3.05) is 9.80 Å². The van der Waals surface area contributed by atoms with Gasteiger partial charge < -0.3 is 9.80 Å². The largest absolute Gasteiger partial charge is 0.306 e. The Balaban J connectivity index is 1.09. The molecule has 0 atom stereocenters. The summed E-state index contributed by atoms with van der Waals surface area (Å²) in [5.74, 6) is 1.94. The van der Waals surface area contributed by atoms with Crippen LogP contribution >= 0.6 is 0 Å². The Hall–Kier alpha value is -6.85. The first kappa shape index (κ1) is 29.8. The summed E-state index contributed by atoms with van der Waals surface area (Å²) in [5, 5.41) is 0. The zero-order valence-corrected chi connectivity index (χ0v) is 29.3. The van der Waals surface area contributed by atoms with Crippen molar-refractivity contribution >= 4 is 34.1 Å². The number of para-hydroxylation sites is 3. The second-order valence-electron chi connectivity index (χ2n) is 14.5. The standard InChI is InChI=1S/C48H33N5/c1-48(2)36-20-11-18-34-35-19-12-25-41-44(35)53(40-24-13-21-37(48)43(40)42(34)36)39-23-10-9-22-38(39)52(41)33-28-26-32(27-29-33)47-50-45(30-14-5-3-6-15-30)49-46(51-47)31-16-7-4-8-17-31/h3-29H,1-2H3. The van der Waals surface area contributed by atoms with Gasteiger partial charge >= 0.3 is 0 Å². The number of anilines is 6. The quantitative estimate of drug-likeness (QED) is 0.185. The van der Waals surface area contributed by atoms with Gasteiger partial charge in [-0.15, -0.1) is 0 Å². The fraction of sp³-hybridized carbons (Fsp3) is 0.0625. The summed E-state index contributed by atoms with van der Waals surface area (Å²) in [4.78, 5) is 19.8. The van der Waals surface area contributed by atoms with Crippen LogP contribution < -0.4 is 9.80 Å². The minimum atomic E-state index is -0.0862. The zero-order chi connectivity index (χ0) is 35.3. The molecular weight excluding hydrogens is 647 g/mol. The van der Waals surface area contributed by atoms with E-state index in [9.17, 15) is 0 Å². The number of aromatic nitrogens is 3. The molecule has 5 heteroatoms. The third kappa shape index (κ3) is 4.28. The minimum Gasteiger partial charge on any atom is -0.306 e. The fourth-order valence-electron chi connectivity index (χ4n) is 8.70. The van der Waals surface area contributed by atoms with Gasteiger partial charge in [0.15, 0.2) is 17.5 Å². The van der Waals surface area contributed by atoms with Gasteiger partial charge in [-0.05, 0) is 70.8 Å². The molecule has 7 aromatic carbocycles. The Labute approximate surface area is 308 Å². The average Bonchev–Trinajstić information content (AvgIpc) is 3.37. The van der Waals surface area contributed by atoms with Gasteiger partial charge in [-0.25, -0.2) is 15.0 Å². The van der Waals surface area contributed by atoms with Crippen molar-refractivity contribution in [3.8, 4) is 56.4 Å². The fourth-order valence-corrected chi connectivity index (χ4v) is 8.70. The highest BCUT2D eigenvalue weighted by atomic mass is 15.3. The van der Waals surface area contributed by atoms with Gasteiger partial charge in [0, 0.05) is 38.9 Å². The molecule has 0 spiro atoms.